The molecule has 1 aliphatic carbocycles. The first-order valence-corrected chi connectivity index (χ1v) is 4.81. The molecule has 1 nitrogen and oxygen atoms in total. The minimum Gasteiger partial charge on any atom is -0.320 e. The van der Waals surface area contributed by atoms with Crippen LogP contribution in [0.2, 0.25) is 0 Å². The molecule has 1 unspecified atom stereocenters. The molecule has 2 aromatic carbocycles. The summed E-state index contributed by atoms with van der Waals surface area (Å²) in [6, 6.07) is 16.9. The lowest BCUT2D eigenvalue weighted by Crippen LogP contribution is -2.15. The van der Waals surface area contributed by atoms with Crippen molar-refractivity contribution in [3.05, 3.63) is 59.7 Å². The maximum atomic E-state index is 6.15. The van der Waals surface area contributed by atoms with Crippen LogP contribution in [0.15, 0.2) is 48.5 Å². The topological polar surface area (TPSA) is 26.0 Å². The number of fused-ring (bicyclic) bond motifs is 4. The van der Waals surface area contributed by atoms with Crippen LogP contribution in [0, 0.1) is 0 Å². The first kappa shape index (κ1) is 7.77. The van der Waals surface area contributed by atoms with E-state index < -0.39 is 0 Å². The number of rotatable bonds is 0. The summed E-state index contributed by atoms with van der Waals surface area (Å²) in [6.07, 6.45) is 0. The number of hydrogen-bond donors (Lipinski definition) is 1. The zero-order valence-corrected chi connectivity index (χ0v) is 7.77. The number of hydrogen-bond acceptors (Lipinski definition) is 1. The van der Waals surface area contributed by atoms with E-state index in [9.17, 15) is 0 Å². The molecule has 0 radical (unpaired) electrons. The quantitative estimate of drug-likeness (QED) is 0.664. The molecule has 2 N–H and O–H groups in total. The smallest absolute Gasteiger partial charge is 0.0558 e. The Labute approximate surface area is 83.2 Å². The zero-order valence-electron chi connectivity index (χ0n) is 7.77. The zero-order chi connectivity index (χ0) is 9.54. The molecule has 0 heterocycles. The summed E-state index contributed by atoms with van der Waals surface area (Å²) in [6.45, 7) is 0. The van der Waals surface area contributed by atoms with Gasteiger partial charge in [0.05, 0.1) is 6.04 Å². The van der Waals surface area contributed by atoms with Crippen molar-refractivity contribution >= 4 is 0 Å². The molecule has 1 aliphatic rings. The molecule has 3 rings (SSSR count). The van der Waals surface area contributed by atoms with Gasteiger partial charge in [0.25, 0.3) is 0 Å². The van der Waals surface area contributed by atoms with Crippen LogP contribution in [0.4, 0.5) is 0 Å². The second-order valence-electron chi connectivity index (χ2n) is 3.69. The fraction of sp³-hybridized carbons (Fsp3) is 0.0769. The van der Waals surface area contributed by atoms with E-state index in [-0.39, 0.29) is 6.04 Å². The third-order valence-corrected chi connectivity index (χ3v) is 2.85. The van der Waals surface area contributed by atoms with E-state index in [2.05, 4.69) is 42.5 Å². The normalized spacial score (nSPS) is 17.6. The summed E-state index contributed by atoms with van der Waals surface area (Å²) in [5.41, 5.74) is 11.1. The fourth-order valence-electron chi connectivity index (χ4n) is 2.11. The molecule has 1 atom stereocenters. The van der Waals surface area contributed by atoms with Crippen LogP contribution < -0.4 is 5.73 Å². The Kier molecular flexibility index (Phi) is 1.49. The Morgan fingerprint density at radius 3 is 2.71 bits per heavy atom. The first-order valence-electron chi connectivity index (χ1n) is 4.81. The molecule has 2 bridgehead atoms. The summed E-state index contributed by atoms with van der Waals surface area (Å²) >= 11 is 0. The van der Waals surface area contributed by atoms with Gasteiger partial charge < -0.3 is 5.73 Å². The summed E-state index contributed by atoms with van der Waals surface area (Å²) in [5, 5.41) is 0. The van der Waals surface area contributed by atoms with Crippen LogP contribution in [0.25, 0.3) is 11.1 Å². The molecule has 1 heteroatoms. The van der Waals surface area contributed by atoms with Crippen LogP contribution in [0.1, 0.15) is 17.2 Å². The van der Waals surface area contributed by atoms with Crippen LogP contribution >= 0.6 is 0 Å². The highest BCUT2D eigenvalue weighted by Crippen LogP contribution is 2.36. The van der Waals surface area contributed by atoms with E-state index >= 15 is 0 Å². The second-order valence-corrected chi connectivity index (χ2v) is 3.69. The van der Waals surface area contributed by atoms with Crippen molar-refractivity contribution < 1.29 is 0 Å². The van der Waals surface area contributed by atoms with Gasteiger partial charge in [-0.2, -0.15) is 0 Å². The van der Waals surface area contributed by atoms with Crippen molar-refractivity contribution in [2.75, 3.05) is 0 Å². The summed E-state index contributed by atoms with van der Waals surface area (Å²) in [7, 11) is 0. The van der Waals surface area contributed by atoms with E-state index in [1.54, 1.807) is 0 Å². The molecular weight excluding hydrogens is 170 g/mol. The lowest BCUT2D eigenvalue weighted by atomic mass is 9.85. The predicted molar refractivity (Wildman–Crippen MR) is 57.9 cm³/mol. The molecule has 0 fully saturated rings. The minimum absolute atomic E-state index is 0.0416. The van der Waals surface area contributed by atoms with Gasteiger partial charge in [-0.15, -0.1) is 0 Å². The fourth-order valence-corrected chi connectivity index (χ4v) is 2.11. The van der Waals surface area contributed by atoms with Crippen molar-refractivity contribution in [3.63, 3.8) is 0 Å². The highest BCUT2D eigenvalue weighted by molar-refractivity contribution is 5.72. The van der Waals surface area contributed by atoms with Crippen LogP contribution in [0.5, 0.6) is 0 Å². The minimum atomic E-state index is 0.0416. The maximum absolute atomic E-state index is 6.15. The van der Waals surface area contributed by atoms with E-state index in [1.165, 1.54) is 22.3 Å². The van der Waals surface area contributed by atoms with E-state index in [1.807, 2.05) is 6.07 Å². The summed E-state index contributed by atoms with van der Waals surface area (Å²) in [4.78, 5) is 0. The van der Waals surface area contributed by atoms with Gasteiger partial charge in [-0.3, -0.25) is 0 Å². The van der Waals surface area contributed by atoms with Crippen molar-refractivity contribution in [2.45, 2.75) is 6.04 Å². The van der Waals surface area contributed by atoms with Gasteiger partial charge in [-0.05, 0) is 28.3 Å². The van der Waals surface area contributed by atoms with Gasteiger partial charge >= 0.3 is 0 Å². The molecule has 0 saturated heterocycles. The Morgan fingerprint density at radius 2 is 1.79 bits per heavy atom. The molecular formula is C13H11N. The monoisotopic (exact) mass is 181 g/mol. The lowest BCUT2D eigenvalue weighted by molar-refractivity contribution is 0.864. The van der Waals surface area contributed by atoms with Gasteiger partial charge in [0.15, 0.2) is 0 Å². The maximum Gasteiger partial charge on any atom is 0.0558 e. The molecule has 68 valence electrons. The molecule has 2 aromatic rings. The average molecular weight is 181 g/mol. The van der Waals surface area contributed by atoms with Crippen LogP contribution in [-0.4, -0.2) is 0 Å². The van der Waals surface area contributed by atoms with E-state index in [0.29, 0.717) is 0 Å². The highest BCUT2D eigenvalue weighted by Gasteiger charge is 2.18. The van der Waals surface area contributed by atoms with Crippen LogP contribution in [-0.2, 0) is 0 Å². The first-order chi connectivity index (χ1) is 6.86. The third kappa shape index (κ3) is 0.932. The van der Waals surface area contributed by atoms with E-state index in [0.717, 1.165) is 0 Å². The van der Waals surface area contributed by atoms with Gasteiger partial charge in [0, 0.05) is 0 Å². The highest BCUT2D eigenvalue weighted by atomic mass is 14.6. The van der Waals surface area contributed by atoms with Gasteiger partial charge in [-0.1, -0.05) is 42.5 Å². The second kappa shape index (κ2) is 2.69. The third-order valence-electron chi connectivity index (χ3n) is 2.85. The van der Waals surface area contributed by atoms with Crippen molar-refractivity contribution in [1.82, 2.24) is 0 Å². The summed E-state index contributed by atoms with van der Waals surface area (Å²) in [5.74, 6) is 0. The standard InChI is InChI=1S/C13H11N/c14-13-10-5-3-4-9(8-10)11-6-1-2-7-12(11)13/h1-8,13H,14H2. The Morgan fingerprint density at radius 1 is 0.929 bits per heavy atom. The predicted octanol–water partition coefficient (Wildman–Crippen LogP) is 2.72. The Bertz CT molecular complexity index is 488. The largest absolute Gasteiger partial charge is 0.320 e. The van der Waals surface area contributed by atoms with Gasteiger partial charge in [0.1, 0.15) is 0 Å². The molecule has 0 aliphatic heterocycles. The molecule has 14 heavy (non-hydrogen) atoms. The molecule has 0 aromatic heterocycles. The van der Waals surface area contributed by atoms with Crippen LogP contribution in [0.3, 0.4) is 0 Å². The van der Waals surface area contributed by atoms with Gasteiger partial charge in [0.2, 0.25) is 0 Å². The van der Waals surface area contributed by atoms with E-state index in [4.69, 9.17) is 5.73 Å². The average Bonchev–Trinajstić information content (AvgIpc) is 2.27. The molecule has 0 saturated carbocycles. The Balaban J connectivity index is 2.37. The molecule has 0 amide bonds. The number of benzene rings is 2. The summed E-state index contributed by atoms with van der Waals surface area (Å²) < 4.78 is 0. The Hall–Kier alpha value is -1.60. The molecule has 0 spiro atoms. The lowest BCUT2D eigenvalue weighted by Gasteiger charge is -2.22. The SMILES string of the molecule is NC1c2cccc(c2)-c2ccccc21. The van der Waals surface area contributed by atoms with Crippen molar-refractivity contribution in [3.8, 4) is 11.1 Å². The van der Waals surface area contributed by atoms with Crippen molar-refractivity contribution in [2.24, 2.45) is 5.73 Å². The van der Waals surface area contributed by atoms with Gasteiger partial charge in [-0.25, -0.2) is 0 Å². The number of nitrogens with two attached hydrogens (primary N) is 1. The van der Waals surface area contributed by atoms with Crippen molar-refractivity contribution in [1.29, 1.82) is 0 Å².